The molecule has 1 aliphatic rings. The van der Waals surface area contributed by atoms with Crippen LogP contribution in [0.4, 0.5) is 0 Å². The third-order valence-corrected chi connectivity index (χ3v) is 4.53. The number of rotatable bonds is 5. The van der Waals surface area contributed by atoms with Gasteiger partial charge in [-0.1, -0.05) is 30.3 Å². The monoisotopic (exact) mass is 365 g/mol. The number of nitrogens with one attached hydrogen (secondary N) is 2. The Labute approximate surface area is 155 Å². The van der Waals surface area contributed by atoms with Gasteiger partial charge in [0.25, 0.3) is 11.8 Å². The van der Waals surface area contributed by atoms with Crippen LogP contribution in [0.3, 0.4) is 0 Å². The molecule has 0 spiro atoms. The molecule has 1 aliphatic heterocycles. The van der Waals surface area contributed by atoms with Crippen molar-refractivity contribution in [1.82, 2.24) is 25.4 Å². The molecule has 2 amide bonds. The van der Waals surface area contributed by atoms with Gasteiger partial charge in [-0.25, -0.2) is 4.98 Å². The minimum Gasteiger partial charge on any atom is -0.438 e. The van der Waals surface area contributed by atoms with Crippen LogP contribution in [-0.4, -0.2) is 32.6 Å². The Bertz CT molecular complexity index is 953. The van der Waals surface area contributed by atoms with Gasteiger partial charge in [0, 0.05) is 18.7 Å². The lowest BCUT2D eigenvalue weighted by molar-refractivity contribution is 0.0904. The Morgan fingerprint density at radius 2 is 2.07 bits per heavy atom. The van der Waals surface area contributed by atoms with Crippen LogP contribution in [-0.2, 0) is 19.5 Å². The number of aryl methyl sites for hydroxylation is 1. The zero-order valence-corrected chi connectivity index (χ0v) is 14.8. The van der Waals surface area contributed by atoms with Gasteiger partial charge < -0.3 is 15.1 Å². The molecule has 3 heterocycles. The number of hydrogen-bond donors (Lipinski definition) is 2. The average Bonchev–Trinajstić information content (AvgIpc) is 3.35. The van der Waals surface area contributed by atoms with E-state index in [9.17, 15) is 9.59 Å². The smallest absolute Gasteiger partial charge is 0.289 e. The first-order valence-electron chi connectivity index (χ1n) is 8.70. The molecule has 8 heteroatoms. The largest absolute Gasteiger partial charge is 0.438 e. The van der Waals surface area contributed by atoms with E-state index in [1.165, 1.54) is 6.39 Å². The lowest BCUT2D eigenvalue weighted by Crippen LogP contribution is -2.36. The molecule has 1 aromatic carbocycles. The molecule has 0 radical (unpaired) electrons. The summed E-state index contributed by atoms with van der Waals surface area (Å²) in [5.74, 6) is -0.277. The third-order valence-electron chi connectivity index (χ3n) is 4.53. The van der Waals surface area contributed by atoms with Gasteiger partial charge in [-0.2, -0.15) is 5.10 Å². The highest BCUT2D eigenvalue weighted by Crippen LogP contribution is 2.17. The molecule has 4 rings (SSSR count). The van der Waals surface area contributed by atoms with E-state index in [0.29, 0.717) is 30.9 Å². The predicted octanol–water partition coefficient (Wildman–Crippen LogP) is 1.46. The van der Waals surface area contributed by atoms with E-state index in [2.05, 4.69) is 20.7 Å². The van der Waals surface area contributed by atoms with Crippen molar-refractivity contribution in [1.29, 1.82) is 0 Å². The normalized spacial score (nSPS) is 15.4. The molecule has 0 saturated heterocycles. The van der Waals surface area contributed by atoms with Crippen molar-refractivity contribution in [2.45, 2.75) is 32.5 Å². The number of nitrogens with zero attached hydrogens (tertiary/aromatic N) is 3. The summed E-state index contributed by atoms with van der Waals surface area (Å²) in [4.78, 5) is 28.4. The molecule has 138 valence electrons. The minimum absolute atomic E-state index is 0.0917. The molecule has 0 saturated carbocycles. The summed E-state index contributed by atoms with van der Waals surface area (Å²) in [6, 6.07) is 11.4. The van der Waals surface area contributed by atoms with Crippen LogP contribution in [0, 0.1) is 6.92 Å². The van der Waals surface area contributed by atoms with Crippen molar-refractivity contribution < 1.29 is 14.0 Å². The summed E-state index contributed by atoms with van der Waals surface area (Å²) >= 11 is 0. The number of carbonyl (C=O) groups excluding carboxylic acids is 2. The number of fused-ring (bicyclic) bond motifs is 1. The second kappa shape index (κ2) is 7.06. The first-order chi connectivity index (χ1) is 13.1. The van der Waals surface area contributed by atoms with Crippen LogP contribution in [0.25, 0.3) is 0 Å². The van der Waals surface area contributed by atoms with Crippen LogP contribution < -0.4 is 10.6 Å². The van der Waals surface area contributed by atoms with Crippen molar-refractivity contribution in [3.8, 4) is 0 Å². The van der Waals surface area contributed by atoms with Crippen LogP contribution >= 0.6 is 0 Å². The van der Waals surface area contributed by atoms with E-state index in [1.807, 2.05) is 30.3 Å². The van der Waals surface area contributed by atoms with Crippen molar-refractivity contribution in [2.24, 2.45) is 0 Å². The maximum Gasteiger partial charge on any atom is 0.289 e. The first kappa shape index (κ1) is 17.0. The van der Waals surface area contributed by atoms with Crippen molar-refractivity contribution in [2.75, 3.05) is 0 Å². The van der Waals surface area contributed by atoms with Gasteiger partial charge >= 0.3 is 0 Å². The molecule has 0 bridgehead atoms. The summed E-state index contributed by atoms with van der Waals surface area (Å²) < 4.78 is 6.87. The van der Waals surface area contributed by atoms with Crippen molar-refractivity contribution in [3.63, 3.8) is 0 Å². The fourth-order valence-corrected chi connectivity index (χ4v) is 3.15. The molecule has 1 atom stereocenters. The van der Waals surface area contributed by atoms with Crippen LogP contribution in [0.1, 0.15) is 38.0 Å². The van der Waals surface area contributed by atoms with Gasteiger partial charge in [-0.05, 0) is 18.6 Å². The van der Waals surface area contributed by atoms with E-state index in [0.717, 1.165) is 11.3 Å². The van der Waals surface area contributed by atoms with E-state index in [4.69, 9.17) is 4.42 Å². The fourth-order valence-electron chi connectivity index (χ4n) is 3.15. The van der Waals surface area contributed by atoms with Crippen LogP contribution in [0.15, 0.2) is 47.2 Å². The van der Waals surface area contributed by atoms with Gasteiger partial charge in [-0.15, -0.1) is 0 Å². The minimum atomic E-state index is -0.290. The molecule has 2 N–H and O–H groups in total. The van der Waals surface area contributed by atoms with E-state index in [1.54, 1.807) is 17.7 Å². The highest BCUT2D eigenvalue weighted by molar-refractivity contribution is 5.93. The van der Waals surface area contributed by atoms with Crippen molar-refractivity contribution >= 4 is 11.8 Å². The molecule has 0 unspecified atom stereocenters. The summed E-state index contributed by atoms with van der Waals surface area (Å²) in [5.41, 5.74) is 2.89. The van der Waals surface area contributed by atoms with Crippen LogP contribution in [0.5, 0.6) is 0 Å². The molecule has 27 heavy (non-hydrogen) atoms. The maximum atomic E-state index is 12.3. The first-order valence-corrected chi connectivity index (χ1v) is 8.70. The molecular weight excluding hydrogens is 346 g/mol. The Morgan fingerprint density at radius 1 is 1.26 bits per heavy atom. The van der Waals surface area contributed by atoms with Gasteiger partial charge in [0.05, 0.1) is 18.3 Å². The number of aromatic nitrogens is 3. The zero-order chi connectivity index (χ0) is 18.8. The lowest BCUT2D eigenvalue weighted by Gasteiger charge is -2.10. The maximum absolute atomic E-state index is 12.3. The summed E-state index contributed by atoms with van der Waals surface area (Å²) in [6.45, 7) is 2.69. The van der Waals surface area contributed by atoms with Gasteiger partial charge in [0.2, 0.25) is 5.76 Å². The second-order valence-electron chi connectivity index (χ2n) is 6.51. The molecule has 2 aromatic heterocycles. The van der Waals surface area contributed by atoms with E-state index >= 15 is 0 Å². The highest BCUT2D eigenvalue weighted by Gasteiger charge is 2.27. The molecule has 0 aliphatic carbocycles. The lowest BCUT2D eigenvalue weighted by atomic mass is 10.2. The average molecular weight is 365 g/mol. The summed E-state index contributed by atoms with van der Waals surface area (Å²) in [6.07, 6.45) is 1.86. The number of oxazole rings is 1. The Balaban J connectivity index is 1.34. The quantitative estimate of drug-likeness (QED) is 0.713. The van der Waals surface area contributed by atoms with Gasteiger partial charge in [0.1, 0.15) is 5.69 Å². The third kappa shape index (κ3) is 3.59. The molecule has 8 nitrogen and oxygen atoms in total. The highest BCUT2D eigenvalue weighted by atomic mass is 16.3. The SMILES string of the molecule is Cc1ncoc1C(=O)N[C@H]1Cc2cc(C(=O)NCc3ccccc3)nn2C1. The second-order valence-corrected chi connectivity index (χ2v) is 6.51. The zero-order valence-electron chi connectivity index (χ0n) is 14.8. The van der Waals surface area contributed by atoms with E-state index in [-0.39, 0.29) is 23.6 Å². The Kier molecular flexibility index (Phi) is 4.45. The Morgan fingerprint density at radius 3 is 2.78 bits per heavy atom. The molecular formula is C19H19N5O3. The predicted molar refractivity (Wildman–Crippen MR) is 96.0 cm³/mol. The standard InChI is InChI=1S/C19H19N5O3/c1-12-17(27-11-21-12)19(26)22-14-7-15-8-16(23-24(15)10-14)18(25)20-9-13-5-3-2-4-6-13/h2-6,8,11,14H,7,9-10H2,1H3,(H,20,25)(H,22,26)/t14-/m0/s1. The number of carbonyl (C=O) groups is 2. The summed E-state index contributed by atoms with van der Waals surface area (Å²) in [5, 5.41) is 10.1. The Hall–Kier alpha value is -3.42. The summed E-state index contributed by atoms with van der Waals surface area (Å²) in [7, 11) is 0. The van der Waals surface area contributed by atoms with Gasteiger partial charge in [-0.3, -0.25) is 14.3 Å². The van der Waals surface area contributed by atoms with Gasteiger partial charge in [0.15, 0.2) is 6.39 Å². The number of hydrogen-bond acceptors (Lipinski definition) is 5. The van der Waals surface area contributed by atoms with E-state index < -0.39 is 0 Å². The van der Waals surface area contributed by atoms with Crippen LogP contribution in [0.2, 0.25) is 0 Å². The van der Waals surface area contributed by atoms with Crippen molar-refractivity contribution in [3.05, 3.63) is 71.2 Å². The number of amides is 2. The fraction of sp³-hybridized carbons (Fsp3) is 0.263. The topological polar surface area (TPSA) is 102 Å². The number of benzene rings is 1. The molecule has 3 aromatic rings. The molecule has 0 fully saturated rings.